The lowest BCUT2D eigenvalue weighted by atomic mass is 9.85. The number of carbonyl (C=O) groups excluding carboxylic acids is 4. The van der Waals surface area contributed by atoms with Crippen LogP contribution in [0.25, 0.3) is 0 Å². The van der Waals surface area contributed by atoms with Crippen LogP contribution < -0.4 is 10.6 Å². The fourth-order valence-corrected chi connectivity index (χ4v) is 4.36. The third-order valence-corrected chi connectivity index (χ3v) is 6.17. The molecule has 2 N–H and O–H groups in total. The molecule has 0 radical (unpaired) electrons. The molecule has 1 unspecified atom stereocenters. The van der Waals surface area contributed by atoms with Crippen molar-refractivity contribution in [3.8, 4) is 0 Å². The van der Waals surface area contributed by atoms with Crippen molar-refractivity contribution in [2.24, 2.45) is 17.3 Å². The second-order valence-electron chi connectivity index (χ2n) is 11.6. The summed E-state index contributed by atoms with van der Waals surface area (Å²) < 4.78 is 37.1. The first-order valence-corrected chi connectivity index (χ1v) is 12.0. The monoisotopic (exact) mass is 503 g/mol. The summed E-state index contributed by atoms with van der Waals surface area (Å²) in [6, 6.07) is -1.99. The van der Waals surface area contributed by atoms with Gasteiger partial charge in [-0.2, -0.15) is 0 Å². The van der Waals surface area contributed by atoms with Crippen LogP contribution in [0.15, 0.2) is 0 Å². The van der Waals surface area contributed by atoms with Crippen LogP contribution in [0.2, 0.25) is 0 Å². The SMILES string of the molecule is CCOC(=O)[C@@]1(NC(=O)[C@@H]2C[C@@H](C)CN2C(=O)[C@@H](NC(=O)OC(C)(C)C)C(C)(C)C)CC1C(F)F. The minimum absolute atomic E-state index is 0.0128. The Morgan fingerprint density at radius 3 is 2.17 bits per heavy atom. The first kappa shape index (κ1) is 28.8. The minimum atomic E-state index is -2.80. The molecule has 2 fully saturated rings. The van der Waals surface area contributed by atoms with Gasteiger partial charge < -0.3 is 25.0 Å². The number of carbonyl (C=O) groups is 4. The van der Waals surface area contributed by atoms with Gasteiger partial charge in [0.15, 0.2) is 0 Å². The number of alkyl halides is 2. The standard InChI is InChI=1S/C24H39F2N3O6/c1-9-34-20(32)24(11-14(24)17(25)26)28-18(30)15-10-13(2)12-29(15)19(31)16(22(3,4)5)27-21(33)35-23(6,7)8/h13-17H,9-12H2,1-8H3,(H,27,33)(H,28,30)/t13-,14?,15+,16-,24-/m1/s1. The van der Waals surface area contributed by atoms with Crippen LogP contribution in [0.4, 0.5) is 13.6 Å². The van der Waals surface area contributed by atoms with E-state index in [0.717, 1.165) is 0 Å². The number of nitrogens with zero attached hydrogens (tertiary/aromatic N) is 1. The molecule has 1 aliphatic carbocycles. The van der Waals surface area contributed by atoms with Crippen LogP contribution in [-0.2, 0) is 23.9 Å². The minimum Gasteiger partial charge on any atom is -0.464 e. The second-order valence-corrected chi connectivity index (χ2v) is 11.6. The summed E-state index contributed by atoms with van der Waals surface area (Å²) in [4.78, 5) is 53.1. The highest BCUT2D eigenvalue weighted by atomic mass is 19.3. The number of ether oxygens (including phenoxy) is 2. The van der Waals surface area contributed by atoms with E-state index < -0.39 is 64.9 Å². The molecule has 0 aromatic rings. The zero-order valence-electron chi connectivity index (χ0n) is 21.9. The fraction of sp³-hybridized carbons (Fsp3) is 0.833. The van der Waals surface area contributed by atoms with Gasteiger partial charge in [-0.1, -0.05) is 27.7 Å². The number of hydrogen-bond acceptors (Lipinski definition) is 6. The molecule has 9 nitrogen and oxygen atoms in total. The summed E-state index contributed by atoms with van der Waals surface area (Å²) >= 11 is 0. The summed E-state index contributed by atoms with van der Waals surface area (Å²) in [5.74, 6) is -3.48. The zero-order chi connectivity index (χ0) is 26.9. The van der Waals surface area contributed by atoms with E-state index in [9.17, 15) is 28.0 Å². The normalized spacial score (nSPS) is 27.3. The number of hydrogen-bond donors (Lipinski definition) is 2. The molecular weight excluding hydrogens is 464 g/mol. The summed E-state index contributed by atoms with van der Waals surface area (Å²) in [5.41, 5.74) is -3.28. The van der Waals surface area contributed by atoms with E-state index in [1.54, 1.807) is 48.5 Å². The van der Waals surface area contributed by atoms with E-state index in [0.29, 0.717) is 6.42 Å². The summed E-state index contributed by atoms with van der Waals surface area (Å²) in [6.45, 7) is 14.1. The van der Waals surface area contributed by atoms with Gasteiger partial charge in [-0.25, -0.2) is 18.4 Å². The van der Waals surface area contributed by atoms with Crippen LogP contribution in [-0.4, -0.2) is 71.6 Å². The average Bonchev–Trinajstić information content (AvgIpc) is 3.29. The number of likely N-dealkylation sites (tertiary alicyclic amines) is 1. The molecule has 0 aromatic heterocycles. The van der Waals surface area contributed by atoms with Crippen molar-refractivity contribution in [1.29, 1.82) is 0 Å². The van der Waals surface area contributed by atoms with E-state index in [1.807, 2.05) is 6.92 Å². The predicted molar refractivity (Wildman–Crippen MR) is 124 cm³/mol. The molecule has 1 saturated carbocycles. The van der Waals surface area contributed by atoms with Crippen molar-refractivity contribution in [3.05, 3.63) is 0 Å². The van der Waals surface area contributed by atoms with Crippen LogP contribution in [0.3, 0.4) is 0 Å². The second kappa shape index (κ2) is 10.3. The van der Waals surface area contributed by atoms with Crippen LogP contribution in [0, 0.1) is 17.3 Å². The maximum atomic E-state index is 13.6. The van der Waals surface area contributed by atoms with Gasteiger partial charge in [0.2, 0.25) is 18.2 Å². The molecule has 2 aliphatic rings. The van der Waals surface area contributed by atoms with E-state index in [-0.39, 0.29) is 25.5 Å². The molecule has 2 rings (SSSR count). The highest BCUT2D eigenvalue weighted by Crippen LogP contribution is 2.48. The van der Waals surface area contributed by atoms with Gasteiger partial charge in [0, 0.05) is 6.54 Å². The third-order valence-electron chi connectivity index (χ3n) is 6.17. The average molecular weight is 504 g/mol. The van der Waals surface area contributed by atoms with E-state index in [1.165, 1.54) is 4.90 Å². The lowest BCUT2D eigenvalue weighted by Crippen LogP contribution is -2.59. The lowest BCUT2D eigenvalue weighted by molar-refractivity contribution is -0.151. The van der Waals surface area contributed by atoms with Crippen molar-refractivity contribution in [2.45, 2.75) is 97.9 Å². The molecule has 0 aromatic carbocycles. The molecule has 11 heteroatoms. The molecule has 1 saturated heterocycles. The number of nitrogens with one attached hydrogen (secondary N) is 2. The van der Waals surface area contributed by atoms with Crippen molar-refractivity contribution in [1.82, 2.24) is 15.5 Å². The van der Waals surface area contributed by atoms with Crippen LogP contribution >= 0.6 is 0 Å². The largest absolute Gasteiger partial charge is 0.464 e. The Morgan fingerprint density at radius 1 is 1.11 bits per heavy atom. The third kappa shape index (κ3) is 6.82. The first-order chi connectivity index (χ1) is 15.9. The molecule has 35 heavy (non-hydrogen) atoms. The molecule has 5 atom stereocenters. The van der Waals surface area contributed by atoms with Gasteiger partial charge in [0.05, 0.1) is 12.5 Å². The number of alkyl carbamates (subject to hydrolysis) is 1. The lowest BCUT2D eigenvalue weighted by Gasteiger charge is -2.36. The maximum absolute atomic E-state index is 13.6. The van der Waals surface area contributed by atoms with Crippen LogP contribution in [0.1, 0.15) is 68.2 Å². The number of rotatable bonds is 7. The number of amides is 3. The van der Waals surface area contributed by atoms with E-state index >= 15 is 0 Å². The van der Waals surface area contributed by atoms with Gasteiger partial charge in [0.1, 0.15) is 23.2 Å². The zero-order valence-corrected chi connectivity index (χ0v) is 21.9. The summed E-state index contributed by atoms with van der Waals surface area (Å²) in [7, 11) is 0. The van der Waals surface area contributed by atoms with Crippen molar-refractivity contribution in [2.75, 3.05) is 13.2 Å². The molecule has 200 valence electrons. The van der Waals surface area contributed by atoms with Gasteiger partial charge in [0.25, 0.3) is 0 Å². The Labute approximate surface area is 205 Å². The molecule has 0 bridgehead atoms. The Hall–Kier alpha value is -2.46. The van der Waals surface area contributed by atoms with Crippen LogP contribution in [0.5, 0.6) is 0 Å². The molecule has 1 heterocycles. The fourth-order valence-electron chi connectivity index (χ4n) is 4.36. The molecular formula is C24H39F2N3O6. The highest BCUT2D eigenvalue weighted by Gasteiger charge is 2.67. The number of halogens is 2. The Morgan fingerprint density at radius 2 is 1.71 bits per heavy atom. The number of esters is 1. The molecule has 1 aliphatic heterocycles. The van der Waals surface area contributed by atoms with Gasteiger partial charge in [-0.3, -0.25) is 9.59 Å². The Bertz CT molecular complexity index is 838. The Kier molecular flexibility index (Phi) is 8.44. The quantitative estimate of drug-likeness (QED) is 0.517. The highest BCUT2D eigenvalue weighted by molar-refractivity contribution is 5.96. The van der Waals surface area contributed by atoms with Crippen molar-refractivity contribution in [3.63, 3.8) is 0 Å². The van der Waals surface area contributed by atoms with Gasteiger partial charge >= 0.3 is 12.1 Å². The summed E-state index contributed by atoms with van der Waals surface area (Å²) in [5, 5.41) is 5.11. The van der Waals surface area contributed by atoms with Crippen molar-refractivity contribution < 1.29 is 37.4 Å². The van der Waals surface area contributed by atoms with E-state index in [4.69, 9.17) is 9.47 Å². The maximum Gasteiger partial charge on any atom is 0.408 e. The predicted octanol–water partition coefficient (Wildman–Crippen LogP) is 2.87. The van der Waals surface area contributed by atoms with Gasteiger partial charge in [-0.15, -0.1) is 0 Å². The first-order valence-electron chi connectivity index (χ1n) is 12.0. The Balaban J connectivity index is 2.25. The molecule has 3 amide bonds. The van der Waals surface area contributed by atoms with Gasteiger partial charge in [-0.05, 0) is 51.9 Å². The molecule has 0 spiro atoms. The van der Waals surface area contributed by atoms with E-state index in [2.05, 4.69) is 10.6 Å². The smallest absolute Gasteiger partial charge is 0.408 e. The summed E-state index contributed by atoms with van der Waals surface area (Å²) in [6.07, 6.45) is -3.50. The topological polar surface area (TPSA) is 114 Å². The van der Waals surface area contributed by atoms with Crippen molar-refractivity contribution >= 4 is 23.9 Å².